The number of rotatable bonds is 6. The zero-order valence-corrected chi connectivity index (χ0v) is 16.2. The van der Waals surface area contributed by atoms with Gasteiger partial charge >= 0.3 is 0 Å². The SMILES string of the molecule is O=C(COc1ccc(Br)cc1)Nc1ccc(Cl)cc1NC(=O)c1ccco1. The van der Waals surface area contributed by atoms with E-state index >= 15 is 0 Å². The first kappa shape index (κ1) is 19.0. The van der Waals surface area contributed by atoms with Crippen LogP contribution in [0.2, 0.25) is 5.02 Å². The molecule has 0 saturated heterocycles. The highest BCUT2D eigenvalue weighted by Gasteiger charge is 2.14. The first-order chi connectivity index (χ1) is 13.0. The van der Waals surface area contributed by atoms with E-state index in [1.807, 2.05) is 12.1 Å². The van der Waals surface area contributed by atoms with Gasteiger partial charge in [-0.25, -0.2) is 0 Å². The number of carbonyl (C=O) groups is 2. The van der Waals surface area contributed by atoms with Crippen molar-refractivity contribution in [3.63, 3.8) is 0 Å². The van der Waals surface area contributed by atoms with Gasteiger partial charge in [0.1, 0.15) is 5.75 Å². The molecule has 0 aliphatic carbocycles. The second kappa shape index (κ2) is 8.75. The van der Waals surface area contributed by atoms with Gasteiger partial charge in [-0.05, 0) is 54.6 Å². The Labute approximate surface area is 168 Å². The van der Waals surface area contributed by atoms with E-state index in [1.165, 1.54) is 18.4 Å². The van der Waals surface area contributed by atoms with Crippen molar-refractivity contribution in [2.45, 2.75) is 0 Å². The number of furan rings is 1. The van der Waals surface area contributed by atoms with Crippen LogP contribution in [0.4, 0.5) is 11.4 Å². The predicted molar refractivity (Wildman–Crippen MR) is 106 cm³/mol. The zero-order chi connectivity index (χ0) is 19.2. The number of carbonyl (C=O) groups excluding carboxylic acids is 2. The van der Waals surface area contributed by atoms with Crippen molar-refractivity contribution in [1.29, 1.82) is 0 Å². The van der Waals surface area contributed by atoms with E-state index in [0.717, 1.165) is 4.47 Å². The molecule has 0 saturated carbocycles. The van der Waals surface area contributed by atoms with Crippen LogP contribution in [-0.2, 0) is 4.79 Å². The number of nitrogens with one attached hydrogen (secondary N) is 2. The van der Waals surface area contributed by atoms with E-state index in [1.54, 1.807) is 30.3 Å². The molecule has 3 aromatic rings. The summed E-state index contributed by atoms with van der Waals surface area (Å²) in [6, 6.07) is 15.0. The second-order valence-corrected chi connectivity index (χ2v) is 6.76. The average Bonchev–Trinajstić information content (AvgIpc) is 3.18. The standard InChI is InChI=1S/C19H14BrClN2O4/c20-12-3-6-14(7-4-12)27-11-18(24)22-15-8-5-13(21)10-16(15)23-19(25)17-2-1-9-26-17/h1-10H,11H2,(H,22,24)(H,23,25). The Morgan fingerprint density at radius 2 is 1.81 bits per heavy atom. The van der Waals surface area contributed by atoms with Crippen LogP contribution >= 0.6 is 27.5 Å². The average molecular weight is 450 g/mol. The van der Waals surface area contributed by atoms with Crippen molar-refractivity contribution in [3.8, 4) is 5.75 Å². The highest BCUT2D eigenvalue weighted by Crippen LogP contribution is 2.26. The van der Waals surface area contributed by atoms with Crippen molar-refractivity contribution < 1.29 is 18.7 Å². The maximum Gasteiger partial charge on any atom is 0.291 e. The third-order valence-corrected chi connectivity index (χ3v) is 4.20. The first-order valence-corrected chi connectivity index (χ1v) is 9.01. The molecule has 2 aromatic carbocycles. The highest BCUT2D eigenvalue weighted by molar-refractivity contribution is 9.10. The number of anilines is 2. The largest absolute Gasteiger partial charge is 0.484 e. The molecule has 0 atom stereocenters. The van der Waals surface area contributed by atoms with Gasteiger partial charge in [-0.2, -0.15) is 0 Å². The molecule has 138 valence electrons. The Hall–Kier alpha value is -2.77. The van der Waals surface area contributed by atoms with Crippen LogP contribution < -0.4 is 15.4 Å². The van der Waals surface area contributed by atoms with E-state index < -0.39 is 5.91 Å². The molecule has 1 aromatic heterocycles. The van der Waals surface area contributed by atoms with E-state index in [9.17, 15) is 9.59 Å². The van der Waals surface area contributed by atoms with Gasteiger partial charge in [0.2, 0.25) is 0 Å². The summed E-state index contributed by atoms with van der Waals surface area (Å²) in [6.45, 7) is -0.185. The van der Waals surface area contributed by atoms with Gasteiger partial charge in [0.05, 0.1) is 17.6 Å². The van der Waals surface area contributed by atoms with E-state index in [0.29, 0.717) is 22.1 Å². The third-order valence-electron chi connectivity index (χ3n) is 3.43. The lowest BCUT2D eigenvalue weighted by atomic mass is 10.2. The highest BCUT2D eigenvalue weighted by atomic mass is 79.9. The number of halogens is 2. The molecule has 27 heavy (non-hydrogen) atoms. The summed E-state index contributed by atoms with van der Waals surface area (Å²) in [7, 11) is 0. The summed E-state index contributed by atoms with van der Waals surface area (Å²) < 4.78 is 11.4. The molecule has 2 N–H and O–H groups in total. The smallest absolute Gasteiger partial charge is 0.291 e. The number of amides is 2. The Balaban J connectivity index is 1.65. The monoisotopic (exact) mass is 448 g/mol. The van der Waals surface area contributed by atoms with E-state index in [4.69, 9.17) is 20.8 Å². The van der Waals surface area contributed by atoms with Crippen molar-refractivity contribution in [2.75, 3.05) is 17.2 Å². The molecule has 6 nitrogen and oxygen atoms in total. The minimum absolute atomic E-state index is 0.144. The van der Waals surface area contributed by atoms with Crippen LogP contribution in [0, 0.1) is 0 Å². The van der Waals surface area contributed by atoms with Crippen LogP contribution in [0.15, 0.2) is 69.8 Å². The molecule has 0 aliphatic heterocycles. The fourth-order valence-electron chi connectivity index (χ4n) is 2.19. The van der Waals surface area contributed by atoms with Gasteiger partial charge in [0.25, 0.3) is 11.8 Å². The maximum absolute atomic E-state index is 12.2. The minimum Gasteiger partial charge on any atom is -0.484 e. The minimum atomic E-state index is -0.455. The molecule has 0 radical (unpaired) electrons. The lowest BCUT2D eigenvalue weighted by molar-refractivity contribution is -0.118. The fraction of sp³-hybridized carbons (Fsp3) is 0.0526. The number of ether oxygens (including phenoxy) is 1. The van der Waals surface area contributed by atoms with Gasteiger partial charge in [-0.3, -0.25) is 9.59 Å². The quantitative estimate of drug-likeness (QED) is 0.557. The molecule has 1 heterocycles. The Morgan fingerprint density at radius 3 is 2.52 bits per heavy atom. The molecular weight excluding hydrogens is 436 g/mol. The molecule has 0 spiro atoms. The number of benzene rings is 2. The van der Waals surface area contributed by atoms with Crippen LogP contribution in [0.25, 0.3) is 0 Å². The second-order valence-electron chi connectivity index (χ2n) is 5.41. The molecule has 0 bridgehead atoms. The van der Waals surface area contributed by atoms with Gasteiger partial charge in [-0.1, -0.05) is 27.5 Å². The van der Waals surface area contributed by atoms with E-state index in [-0.39, 0.29) is 18.3 Å². The maximum atomic E-state index is 12.2. The normalized spacial score (nSPS) is 10.3. The summed E-state index contributed by atoms with van der Waals surface area (Å²) >= 11 is 9.33. The third kappa shape index (κ3) is 5.35. The molecule has 0 fully saturated rings. The Morgan fingerprint density at radius 1 is 1.04 bits per heavy atom. The Kier molecular flexibility index (Phi) is 6.16. The number of hydrogen-bond donors (Lipinski definition) is 2. The number of hydrogen-bond acceptors (Lipinski definition) is 4. The van der Waals surface area contributed by atoms with Crippen LogP contribution in [0.5, 0.6) is 5.75 Å². The molecule has 0 aliphatic rings. The van der Waals surface area contributed by atoms with Crippen LogP contribution in [0.1, 0.15) is 10.6 Å². The summed E-state index contributed by atoms with van der Waals surface area (Å²) in [5, 5.41) is 5.77. The van der Waals surface area contributed by atoms with Crippen molar-refractivity contribution in [2.24, 2.45) is 0 Å². The van der Waals surface area contributed by atoms with Gasteiger partial charge in [0.15, 0.2) is 12.4 Å². The van der Waals surface area contributed by atoms with Gasteiger partial charge in [-0.15, -0.1) is 0 Å². The Bertz CT molecular complexity index is 943. The van der Waals surface area contributed by atoms with Crippen molar-refractivity contribution in [1.82, 2.24) is 0 Å². The predicted octanol–water partition coefficient (Wildman–Crippen LogP) is 4.97. The lowest BCUT2D eigenvalue weighted by Crippen LogP contribution is -2.21. The fourth-order valence-corrected chi connectivity index (χ4v) is 2.62. The summed E-state index contributed by atoms with van der Waals surface area (Å²) in [5.74, 6) is -0.126. The summed E-state index contributed by atoms with van der Waals surface area (Å²) in [5.41, 5.74) is 0.740. The molecular formula is C19H14BrClN2O4. The molecule has 2 amide bonds. The molecule has 0 unspecified atom stereocenters. The molecule has 8 heteroatoms. The van der Waals surface area contributed by atoms with Gasteiger partial charge < -0.3 is 19.8 Å². The van der Waals surface area contributed by atoms with Crippen LogP contribution in [0.3, 0.4) is 0 Å². The summed E-state index contributed by atoms with van der Waals surface area (Å²) in [4.78, 5) is 24.4. The lowest BCUT2D eigenvalue weighted by Gasteiger charge is -2.13. The molecule has 3 rings (SSSR count). The van der Waals surface area contributed by atoms with Crippen LogP contribution in [-0.4, -0.2) is 18.4 Å². The zero-order valence-electron chi connectivity index (χ0n) is 13.9. The summed E-state index contributed by atoms with van der Waals surface area (Å²) in [6.07, 6.45) is 1.40. The first-order valence-electron chi connectivity index (χ1n) is 7.84. The van der Waals surface area contributed by atoms with Gasteiger partial charge in [0, 0.05) is 9.50 Å². The van der Waals surface area contributed by atoms with E-state index in [2.05, 4.69) is 26.6 Å². The van der Waals surface area contributed by atoms with Crippen molar-refractivity contribution >= 4 is 50.7 Å². The van der Waals surface area contributed by atoms with Crippen molar-refractivity contribution in [3.05, 3.63) is 76.1 Å². The topological polar surface area (TPSA) is 80.6 Å².